The van der Waals surface area contributed by atoms with Crippen LogP contribution in [0.2, 0.25) is 0 Å². The molecular formula is C9H16N2O4. The first-order chi connectivity index (χ1) is 7.02. The van der Waals surface area contributed by atoms with E-state index in [9.17, 15) is 9.59 Å². The van der Waals surface area contributed by atoms with Crippen LogP contribution in [0, 0.1) is 5.41 Å². The van der Waals surface area contributed by atoms with Gasteiger partial charge in [0.25, 0.3) is 0 Å². The molecule has 1 saturated carbocycles. The number of carboxylic acids is 1. The molecule has 6 nitrogen and oxygen atoms in total. The van der Waals surface area contributed by atoms with E-state index < -0.39 is 17.4 Å². The number of carbonyl (C=O) groups excluding carboxylic acids is 1. The molecule has 0 bridgehead atoms. The minimum absolute atomic E-state index is 0.131. The highest BCUT2D eigenvalue weighted by Crippen LogP contribution is 2.45. The van der Waals surface area contributed by atoms with E-state index in [2.05, 4.69) is 5.32 Å². The van der Waals surface area contributed by atoms with Crippen LogP contribution < -0.4 is 11.1 Å². The minimum Gasteiger partial charge on any atom is -0.481 e. The number of rotatable bonds is 6. The van der Waals surface area contributed by atoms with Crippen molar-refractivity contribution in [1.82, 2.24) is 5.32 Å². The summed E-state index contributed by atoms with van der Waals surface area (Å²) in [5.74, 6) is -1.23. The normalized spacial score (nSPS) is 19.3. The number of hydrogen-bond donors (Lipinski definition) is 3. The maximum atomic E-state index is 11.3. The molecule has 1 aliphatic carbocycles. The molecule has 0 aromatic heterocycles. The van der Waals surface area contributed by atoms with Gasteiger partial charge in [-0.3, -0.25) is 9.59 Å². The Morgan fingerprint density at radius 1 is 1.60 bits per heavy atom. The van der Waals surface area contributed by atoms with Crippen molar-refractivity contribution < 1.29 is 19.4 Å². The number of carboxylic acid groups (broad SMARTS) is 1. The van der Waals surface area contributed by atoms with Gasteiger partial charge in [-0.2, -0.15) is 0 Å². The number of carbonyl (C=O) groups is 2. The smallest absolute Gasteiger partial charge is 0.311 e. The van der Waals surface area contributed by atoms with Crippen molar-refractivity contribution in [3.05, 3.63) is 0 Å². The highest BCUT2D eigenvalue weighted by Gasteiger charge is 2.50. The number of methoxy groups -OCH3 is 1. The summed E-state index contributed by atoms with van der Waals surface area (Å²) in [4.78, 5) is 22.1. The standard InChI is InChI=1S/C9H16N2O4/c1-15-4-6(10)7(12)11-5-9(2-3-9)8(13)14/h6H,2-5,10H2,1H3,(H,11,12)(H,13,14). The fourth-order valence-electron chi connectivity index (χ4n) is 1.26. The first-order valence-corrected chi connectivity index (χ1v) is 4.77. The summed E-state index contributed by atoms with van der Waals surface area (Å²) < 4.78 is 4.72. The number of aliphatic carboxylic acids is 1. The third-order valence-electron chi connectivity index (χ3n) is 2.59. The molecule has 0 aromatic carbocycles. The van der Waals surface area contributed by atoms with E-state index in [1.54, 1.807) is 0 Å². The minimum atomic E-state index is -0.858. The summed E-state index contributed by atoms with van der Waals surface area (Å²) in [7, 11) is 1.45. The van der Waals surface area contributed by atoms with Crippen LogP contribution in [0.25, 0.3) is 0 Å². The van der Waals surface area contributed by atoms with Crippen molar-refractivity contribution in [2.75, 3.05) is 20.3 Å². The van der Waals surface area contributed by atoms with Crippen molar-refractivity contribution in [2.24, 2.45) is 11.1 Å². The number of hydrogen-bond acceptors (Lipinski definition) is 4. The molecule has 1 aliphatic rings. The Bertz CT molecular complexity index is 263. The predicted molar refractivity (Wildman–Crippen MR) is 52.2 cm³/mol. The van der Waals surface area contributed by atoms with Crippen LogP contribution in [0.4, 0.5) is 0 Å². The van der Waals surface area contributed by atoms with E-state index in [0.29, 0.717) is 12.8 Å². The van der Waals surface area contributed by atoms with Gasteiger partial charge in [-0.25, -0.2) is 0 Å². The molecule has 1 unspecified atom stereocenters. The largest absolute Gasteiger partial charge is 0.481 e. The summed E-state index contributed by atoms with van der Waals surface area (Å²) >= 11 is 0. The maximum absolute atomic E-state index is 11.3. The average molecular weight is 216 g/mol. The Balaban J connectivity index is 2.31. The summed E-state index contributed by atoms with van der Waals surface area (Å²) in [6.07, 6.45) is 1.23. The zero-order chi connectivity index (χ0) is 11.5. The lowest BCUT2D eigenvalue weighted by Gasteiger charge is -2.14. The lowest BCUT2D eigenvalue weighted by molar-refractivity contribution is -0.143. The monoisotopic (exact) mass is 216 g/mol. The molecular weight excluding hydrogens is 200 g/mol. The molecule has 86 valence electrons. The van der Waals surface area contributed by atoms with Gasteiger partial charge in [0, 0.05) is 13.7 Å². The molecule has 0 heterocycles. The molecule has 0 radical (unpaired) electrons. The van der Waals surface area contributed by atoms with E-state index in [0.717, 1.165) is 0 Å². The van der Waals surface area contributed by atoms with Crippen LogP contribution >= 0.6 is 0 Å². The van der Waals surface area contributed by atoms with Crippen LogP contribution in [0.5, 0.6) is 0 Å². The molecule has 0 aliphatic heterocycles. The van der Waals surface area contributed by atoms with Crippen molar-refractivity contribution in [3.63, 3.8) is 0 Å². The third-order valence-corrected chi connectivity index (χ3v) is 2.59. The van der Waals surface area contributed by atoms with Gasteiger partial charge in [0.1, 0.15) is 6.04 Å². The number of ether oxygens (including phenoxy) is 1. The quantitative estimate of drug-likeness (QED) is 0.525. The van der Waals surface area contributed by atoms with E-state index >= 15 is 0 Å². The third kappa shape index (κ3) is 2.90. The highest BCUT2D eigenvalue weighted by molar-refractivity contribution is 5.83. The molecule has 1 fully saturated rings. The number of nitrogens with one attached hydrogen (secondary N) is 1. The zero-order valence-corrected chi connectivity index (χ0v) is 8.66. The Morgan fingerprint density at radius 3 is 2.60 bits per heavy atom. The van der Waals surface area contributed by atoms with Crippen molar-refractivity contribution in [1.29, 1.82) is 0 Å². The van der Waals surface area contributed by atoms with Crippen LogP contribution in [-0.4, -0.2) is 43.3 Å². The predicted octanol–water partition coefficient (Wildman–Crippen LogP) is -1.06. The molecule has 0 saturated heterocycles. The molecule has 0 spiro atoms. The lowest BCUT2D eigenvalue weighted by atomic mass is 10.1. The number of nitrogens with two attached hydrogens (primary N) is 1. The van der Waals surface area contributed by atoms with E-state index in [-0.39, 0.29) is 19.1 Å². The zero-order valence-electron chi connectivity index (χ0n) is 8.66. The fourth-order valence-corrected chi connectivity index (χ4v) is 1.26. The van der Waals surface area contributed by atoms with Crippen LogP contribution in [0.3, 0.4) is 0 Å². The molecule has 0 aromatic rings. The average Bonchev–Trinajstić information content (AvgIpc) is 2.95. The molecule has 15 heavy (non-hydrogen) atoms. The molecule has 1 atom stereocenters. The summed E-state index contributed by atoms with van der Waals surface area (Å²) in [6.45, 7) is 0.282. The van der Waals surface area contributed by atoms with Crippen LogP contribution in [0.15, 0.2) is 0 Å². The van der Waals surface area contributed by atoms with Gasteiger partial charge in [-0.05, 0) is 12.8 Å². The van der Waals surface area contributed by atoms with Crippen LogP contribution in [-0.2, 0) is 14.3 Å². The van der Waals surface area contributed by atoms with Gasteiger partial charge in [-0.15, -0.1) is 0 Å². The van der Waals surface area contributed by atoms with Crippen molar-refractivity contribution in [3.8, 4) is 0 Å². The second-order valence-corrected chi connectivity index (χ2v) is 3.87. The molecule has 4 N–H and O–H groups in total. The first kappa shape index (κ1) is 11.9. The summed E-state index contributed by atoms with van der Waals surface area (Å²) in [5, 5.41) is 11.4. The molecule has 1 rings (SSSR count). The second-order valence-electron chi connectivity index (χ2n) is 3.87. The van der Waals surface area contributed by atoms with E-state index in [1.807, 2.05) is 0 Å². The van der Waals surface area contributed by atoms with Gasteiger partial charge in [0.2, 0.25) is 5.91 Å². The number of amides is 1. The van der Waals surface area contributed by atoms with Crippen molar-refractivity contribution >= 4 is 11.9 Å². The fraction of sp³-hybridized carbons (Fsp3) is 0.778. The van der Waals surface area contributed by atoms with Crippen LogP contribution in [0.1, 0.15) is 12.8 Å². The Morgan fingerprint density at radius 2 is 2.20 bits per heavy atom. The molecule has 6 heteroatoms. The highest BCUT2D eigenvalue weighted by atomic mass is 16.5. The van der Waals surface area contributed by atoms with Gasteiger partial charge >= 0.3 is 5.97 Å². The second kappa shape index (κ2) is 4.59. The Kier molecular flexibility index (Phi) is 3.65. The molecule has 1 amide bonds. The van der Waals surface area contributed by atoms with Gasteiger partial charge < -0.3 is 20.9 Å². The van der Waals surface area contributed by atoms with Gasteiger partial charge in [0.15, 0.2) is 0 Å². The maximum Gasteiger partial charge on any atom is 0.311 e. The topological polar surface area (TPSA) is 102 Å². The Hall–Kier alpha value is -1.14. The SMILES string of the molecule is COCC(N)C(=O)NCC1(C(=O)O)CC1. The van der Waals surface area contributed by atoms with Gasteiger partial charge in [0.05, 0.1) is 12.0 Å². The summed E-state index contributed by atoms with van der Waals surface area (Å²) in [5.41, 5.74) is 4.72. The van der Waals surface area contributed by atoms with E-state index in [4.69, 9.17) is 15.6 Å². The van der Waals surface area contributed by atoms with Crippen molar-refractivity contribution in [2.45, 2.75) is 18.9 Å². The Labute approximate surface area is 87.8 Å². The summed E-state index contributed by atoms with van der Waals surface area (Å²) in [6, 6.07) is -0.736. The first-order valence-electron chi connectivity index (χ1n) is 4.77. The van der Waals surface area contributed by atoms with Gasteiger partial charge in [-0.1, -0.05) is 0 Å². The van der Waals surface area contributed by atoms with E-state index in [1.165, 1.54) is 7.11 Å². The lowest BCUT2D eigenvalue weighted by Crippen LogP contribution is -2.46.